The van der Waals surface area contributed by atoms with Gasteiger partial charge < -0.3 is 0 Å². The summed E-state index contributed by atoms with van der Waals surface area (Å²) in [6.45, 7) is 2.28. The summed E-state index contributed by atoms with van der Waals surface area (Å²) >= 11 is 6.16. The number of nitrogens with one attached hydrogen (secondary N) is 1. The largest absolute Gasteiger partial charge is 0.271 e. The molecule has 1 aromatic heterocycles. The lowest BCUT2D eigenvalue weighted by Crippen LogP contribution is -2.41. The molecule has 0 aliphatic heterocycles. The van der Waals surface area contributed by atoms with E-state index in [0.29, 0.717) is 12.0 Å². The van der Waals surface area contributed by atoms with Crippen LogP contribution in [0.15, 0.2) is 18.5 Å². The molecule has 1 saturated carbocycles. The topological polar surface area (TPSA) is 50.9 Å². The molecule has 0 aromatic carbocycles. The van der Waals surface area contributed by atoms with Crippen molar-refractivity contribution in [3.8, 4) is 0 Å². The monoisotopic (exact) mass is 267 g/mol. The lowest BCUT2D eigenvalue weighted by atomic mass is 9.91. The zero-order valence-corrected chi connectivity index (χ0v) is 11.7. The van der Waals surface area contributed by atoms with Gasteiger partial charge in [-0.3, -0.25) is 16.3 Å². The van der Waals surface area contributed by atoms with Crippen molar-refractivity contribution in [3.63, 3.8) is 0 Å². The van der Waals surface area contributed by atoms with Crippen LogP contribution in [-0.2, 0) is 6.42 Å². The highest BCUT2D eigenvalue weighted by atomic mass is 35.5. The first-order valence-corrected chi connectivity index (χ1v) is 7.16. The van der Waals surface area contributed by atoms with Gasteiger partial charge in [0.25, 0.3) is 0 Å². The van der Waals surface area contributed by atoms with Gasteiger partial charge in [-0.25, -0.2) is 0 Å². The molecule has 1 heterocycles. The van der Waals surface area contributed by atoms with Gasteiger partial charge in [-0.1, -0.05) is 31.4 Å². The average molecular weight is 268 g/mol. The number of hydrogen-bond acceptors (Lipinski definition) is 3. The molecule has 1 aromatic rings. The van der Waals surface area contributed by atoms with Gasteiger partial charge >= 0.3 is 0 Å². The fourth-order valence-corrected chi connectivity index (χ4v) is 3.21. The zero-order chi connectivity index (χ0) is 13.0. The maximum absolute atomic E-state index is 6.16. The second-order valence-electron chi connectivity index (χ2n) is 5.29. The standard InChI is InChI=1S/C14H22ClN3/c1-2-10-3-4-12(7-10)14(18-16)8-11-5-6-17-9-13(11)15/h5-6,9-10,12,14,18H,2-4,7-8,16H2,1H3. The Morgan fingerprint density at radius 3 is 3.00 bits per heavy atom. The van der Waals surface area contributed by atoms with Crippen molar-refractivity contribution < 1.29 is 0 Å². The highest BCUT2D eigenvalue weighted by molar-refractivity contribution is 6.31. The summed E-state index contributed by atoms with van der Waals surface area (Å²) < 4.78 is 0. The number of nitrogens with zero attached hydrogens (tertiary/aromatic N) is 1. The molecule has 100 valence electrons. The Bertz CT molecular complexity index is 383. The minimum Gasteiger partial charge on any atom is -0.271 e. The van der Waals surface area contributed by atoms with E-state index < -0.39 is 0 Å². The molecule has 0 spiro atoms. The van der Waals surface area contributed by atoms with E-state index in [2.05, 4.69) is 17.3 Å². The smallest absolute Gasteiger partial charge is 0.0621 e. The van der Waals surface area contributed by atoms with E-state index in [1.165, 1.54) is 25.7 Å². The molecule has 3 N–H and O–H groups in total. The summed E-state index contributed by atoms with van der Waals surface area (Å²) in [5, 5.41) is 0.739. The van der Waals surface area contributed by atoms with E-state index in [4.69, 9.17) is 17.4 Å². The number of halogens is 1. The number of hydrazine groups is 1. The maximum atomic E-state index is 6.16. The molecule has 3 atom stereocenters. The van der Waals surface area contributed by atoms with E-state index in [1.807, 2.05) is 6.07 Å². The van der Waals surface area contributed by atoms with Crippen LogP contribution in [0.3, 0.4) is 0 Å². The van der Waals surface area contributed by atoms with Gasteiger partial charge in [0, 0.05) is 18.4 Å². The predicted octanol–water partition coefficient (Wildman–Crippen LogP) is 2.94. The van der Waals surface area contributed by atoms with Crippen LogP contribution in [0.5, 0.6) is 0 Å². The molecule has 0 radical (unpaired) electrons. The van der Waals surface area contributed by atoms with Crippen LogP contribution in [0.25, 0.3) is 0 Å². The number of rotatable bonds is 5. The van der Waals surface area contributed by atoms with Gasteiger partial charge in [0.15, 0.2) is 0 Å². The molecule has 1 fully saturated rings. The Morgan fingerprint density at radius 1 is 1.56 bits per heavy atom. The van der Waals surface area contributed by atoms with Crippen LogP contribution in [0, 0.1) is 11.8 Å². The number of pyridine rings is 1. The molecule has 2 rings (SSSR count). The summed E-state index contributed by atoms with van der Waals surface area (Å²) in [6.07, 6.45) is 9.56. The number of nitrogens with two attached hydrogens (primary N) is 1. The van der Waals surface area contributed by atoms with Crippen molar-refractivity contribution in [2.45, 2.75) is 45.1 Å². The lowest BCUT2D eigenvalue weighted by Gasteiger charge is -2.23. The van der Waals surface area contributed by atoms with Crippen LogP contribution in [0.2, 0.25) is 5.02 Å². The first kappa shape index (κ1) is 13.8. The summed E-state index contributed by atoms with van der Waals surface area (Å²) in [6, 6.07) is 2.31. The third kappa shape index (κ3) is 3.22. The van der Waals surface area contributed by atoms with Gasteiger partial charge in [0.2, 0.25) is 0 Å². The summed E-state index contributed by atoms with van der Waals surface area (Å²) in [4.78, 5) is 4.02. The highest BCUT2D eigenvalue weighted by Gasteiger charge is 2.29. The van der Waals surface area contributed by atoms with E-state index in [9.17, 15) is 0 Å². The van der Waals surface area contributed by atoms with Gasteiger partial charge in [-0.15, -0.1) is 0 Å². The van der Waals surface area contributed by atoms with Crippen molar-refractivity contribution in [2.24, 2.45) is 17.7 Å². The Balaban J connectivity index is 2.00. The van der Waals surface area contributed by atoms with E-state index >= 15 is 0 Å². The van der Waals surface area contributed by atoms with Crippen molar-refractivity contribution in [1.29, 1.82) is 0 Å². The SMILES string of the molecule is CCC1CCC(C(Cc2ccncc2Cl)NN)C1. The molecule has 3 nitrogen and oxygen atoms in total. The first-order chi connectivity index (χ1) is 8.74. The maximum Gasteiger partial charge on any atom is 0.0621 e. The van der Waals surface area contributed by atoms with Crippen LogP contribution >= 0.6 is 11.6 Å². The molecule has 4 heteroatoms. The van der Waals surface area contributed by atoms with Crippen molar-refractivity contribution in [2.75, 3.05) is 0 Å². The van der Waals surface area contributed by atoms with Gasteiger partial charge in [-0.2, -0.15) is 0 Å². The average Bonchev–Trinajstić information content (AvgIpc) is 2.86. The van der Waals surface area contributed by atoms with Crippen LogP contribution in [0.1, 0.15) is 38.2 Å². The summed E-state index contributed by atoms with van der Waals surface area (Å²) in [7, 11) is 0. The molecule has 18 heavy (non-hydrogen) atoms. The molecule has 3 unspecified atom stereocenters. The van der Waals surface area contributed by atoms with E-state index in [1.54, 1.807) is 12.4 Å². The highest BCUT2D eigenvalue weighted by Crippen LogP contribution is 2.35. The second kappa shape index (κ2) is 6.50. The Hall–Kier alpha value is -0.640. The third-order valence-corrected chi connectivity index (χ3v) is 4.58. The Labute approximate surface area is 114 Å². The lowest BCUT2D eigenvalue weighted by molar-refractivity contribution is 0.348. The van der Waals surface area contributed by atoms with Crippen LogP contribution < -0.4 is 11.3 Å². The second-order valence-corrected chi connectivity index (χ2v) is 5.70. The molecular weight excluding hydrogens is 246 g/mol. The normalized spacial score (nSPS) is 25.3. The van der Waals surface area contributed by atoms with Crippen LogP contribution in [0.4, 0.5) is 0 Å². The minimum absolute atomic E-state index is 0.321. The Kier molecular flexibility index (Phi) is 4.98. The minimum atomic E-state index is 0.321. The quantitative estimate of drug-likeness (QED) is 0.637. The molecule has 1 aliphatic carbocycles. The first-order valence-electron chi connectivity index (χ1n) is 6.79. The van der Waals surface area contributed by atoms with Gasteiger partial charge in [0.05, 0.1) is 5.02 Å². The van der Waals surface area contributed by atoms with Crippen molar-refractivity contribution in [3.05, 3.63) is 29.0 Å². The molecule has 1 aliphatic rings. The fourth-order valence-electron chi connectivity index (χ4n) is 3.02. The molecule has 0 saturated heterocycles. The predicted molar refractivity (Wildman–Crippen MR) is 75.2 cm³/mol. The Morgan fingerprint density at radius 2 is 2.39 bits per heavy atom. The van der Waals surface area contributed by atoms with Gasteiger partial charge in [0.1, 0.15) is 0 Å². The zero-order valence-electron chi connectivity index (χ0n) is 10.9. The van der Waals surface area contributed by atoms with Gasteiger partial charge in [-0.05, 0) is 42.7 Å². The van der Waals surface area contributed by atoms with Crippen molar-refractivity contribution in [1.82, 2.24) is 10.4 Å². The van der Waals surface area contributed by atoms with Crippen molar-refractivity contribution >= 4 is 11.6 Å². The van der Waals surface area contributed by atoms with E-state index in [-0.39, 0.29) is 0 Å². The third-order valence-electron chi connectivity index (χ3n) is 4.24. The number of aromatic nitrogens is 1. The number of hydrogen-bond donors (Lipinski definition) is 2. The fraction of sp³-hybridized carbons (Fsp3) is 0.643. The van der Waals surface area contributed by atoms with E-state index in [0.717, 1.165) is 22.9 Å². The summed E-state index contributed by atoms with van der Waals surface area (Å²) in [5.74, 6) is 7.27. The molecule has 0 bridgehead atoms. The molecular formula is C14H22ClN3. The summed E-state index contributed by atoms with van der Waals surface area (Å²) in [5.41, 5.74) is 4.12. The van der Waals surface area contributed by atoms with Crippen LogP contribution in [-0.4, -0.2) is 11.0 Å². The molecule has 0 amide bonds.